The fourth-order valence-corrected chi connectivity index (χ4v) is 3.01. The number of benzene rings is 1. The zero-order valence-corrected chi connectivity index (χ0v) is 19.5. The number of hydrogen-bond acceptors (Lipinski definition) is 11. The lowest BCUT2D eigenvalue weighted by Crippen LogP contribution is -2.06. The average molecular weight is 483 g/mol. The van der Waals surface area contributed by atoms with Gasteiger partial charge in [0.25, 0.3) is 5.69 Å². The van der Waals surface area contributed by atoms with Crippen LogP contribution in [0.1, 0.15) is 25.0 Å². The number of nitro groups is 1. The van der Waals surface area contributed by atoms with Crippen molar-refractivity contribution >= 4 is 40.4 Å². The Morgan fingerprint density at radius 2 is 1.25 bits per heavy atom. The molecule has 0 amide bonds. The van der Waals surface area contributed by atoms with Crippen molar-refractivity contribution in [3.63, 3.8) is 0 Å². The number of non-ortho nitro benzene ring substituents is 1. The van der Waals surface area contributed by atoms with E-state index in [1.807, 2.05) is 38.1 Å². The van der Waals surface area contributed by atoms with E-state index in [0.29, 0.717) is 17.3 Å². The predicted molar refractivity (Wildman–Crippen MR) is 139 cm³/mol. The van der Waals surface area contributed by atoms with Gasteiger partial charge in [-0.15, -0.1) is 0 Å². The van der Waals surface area contributed by atoms with E-state index in [1.165, 1.54) is 12.1 Å². The van der Waals surface area contributed by atoms with E-state index in [4.69, 9.17) is 0 Å². The van der Waals surface area contributed by atoms with Gasteiger partial charge in [-0.2, -0.15) is 20.2 Å². The largest absolute Gasteiger partial charge is 0.324 e. The lowest BCUT2D eigenvalue weighted by atomic mass is 10.2. The van der Waals surface area contributed by atoms with Crippen LogP contribution < -0.4 is 16.2 Å². The summed E-state index contributed by atoms with van der Waals surface area (Å²) in [6.45, 7) is 3.72. The Hall–Kier alpha value is -5.26. The summed E-state index contributed by atoms with van der Waals surface area (Å²) in [6.07, 6.45) is 6.76. The van der Waals surface area contributed by atoms with Crippen LogP contribution in [0.15, 0.2) is 89.6 Å². The molecule has 0 spiro atoms. The molecule has 3 heterocycles. The van der Waals surface area contributed by atoms with Crippen molar-refractivity contribution in [3.05, 3.63) is 101 Å². The normalized spacial score (nSPS) is 11.6. The summed E-state index contributed by atoms with van der Waals surface area (Å²) in [5.74, 6) is 1.05. The first-order valence-electron chi connectivity index (χ1n) is 10.8. The summed E-state index contributed by atoms with van der Waals surface area (Å²) >= 11 is 0. The van der Waals surface area contributed by atoms with Gasteiger partial charge in [0.1, 0.15) is 0 Å². The molecule has 0 aliphatic rings. The Balaban J connectivity index is 1.60. The van der Waals surface area contributed by atoms with Gasteiger partial charge in [-0.3, -0.25) is 30.9 Å². The van der Waals surface area contributed by atoms with Crippen LogP contribution in [0.2, 0.25) is 0 Å². The quantitative estimate of drug-likeness (QED) is 0.176. The fraction of sp³-hybridized carbons (Fsp3) is 0.0833. The van der Waals surface area contributed by atoms with Gasteiger partial charge >= 0.3 is 0 Å². The number of nitro benzene ring substituents is 1. The molecule has 0 unspecified atom stereocenters. The molecular formula is C24H22N10O2. The highest BCUT2D eigenvalue weighted by molar-refractivity contribution is 5.99. The lowest BCUT2D eigenvalue weighted by Gasteiger charge is -2.10. The second-order valence-corrected chi connectivity index (χ2v) is 7.48. The van der Waals surface area contributed by atoms with Crippen LogP contribution in [0.25, 0.3) is 0 Å². The first kappa shape index (κ1) is 23.9. The second kappa shape index (κ2) is 11.2. The molecule has 0 radical (unpaired) electrons. The predicted octanol–water partition coefficient (Wildman–Crippen LogP) is 4.59. The SMILES string of the molecule is CC(=NNc1cc(NN=C(C)c2ccncc2)nc(Nc2ccc([N+](=O)[O-])cc2)n1)c1ccncc1. The zero-order valence-electron chi connectivity index (χ0n) is 19.5. The van der Waals surface area contributed by atoms with Crippen molar-refractivity contribution in [3.8, 4) is 0 Å². The van der Waals surface area contributed by atoms with Crippen molar-refractivity contribution in [2.75, 3.05) is 16.2 Å². The molecule has 12 heteroatoms. The lowest BCUT2D eigenvalue weighted by molar-refractivity contribution is -0.384. The Morgan fingerprint density at radius 1 is 0.778 bits per heavy atom. The fourth-order valence-electron chi connectivity index (χ4n) is 3.01. The number of hydrazone groups is 2. The minimum Gasteiger partial charge on any atom is -0.324 e. The van der Waals surface area contributed by atoms with Gasteiger partial charge < -0.3 is 5.32 Å². The molecule has 0 bridgehead atoms. The van der Waals surface area contributed by atoms with Gasteiger partial charge in [0.05, 0.1) is 16.3 Å². The maximum Gasteiger partial charge on any atom is 0.269 e. The van der Waals surface area contributed by atoms with Crippen LogP contribution in [-0.4, -0.2) is 36.3 Å². The molecule has 3 aromatic heterocycles. The van der Waals surface area contributed by atoms with Crippen molar-refractivity contribution in [1.29, 1.82) is 0 Å². The molecule has 12 nitrogen and oxygen atoms in total. The van der Waals surface area contributed by atoms with Crippen LogP contribution in [0, 0.1) is 10.1 Å². The number of nitrogens with zero attached hydrogens (tertiary/aromatic N) is 7. The van der Waals surface area contributed by atoms with Crippen molar-refractivity contribution in [1.82, 2.24) is 19.9 Å². The van der Waals surface area contributed by atoms with Gasteiger partial charge in [-0.1, -0.05) is 0 Å². The van der Waals surface area contributed by atoms with Crippen molar-refractivity contribution in [2.45, 2.75) is 13.8 Å². The minimum atomic E-state index is -0.459. The highest BCUT2D eigenvalue weighted by Gasteiger charge is 2.08. The number of nitrogens with one attached hydrogen (secondary N) is 3. The number of pyridine rings is 2. The molecule has 36 heavy (non-hydrogen) atoms. The maximum atomic E-state index is 10.9. The molecule has 3 N–H and O–H groups in total. The van der Waals surface area contributed by atoms with Gasteiger partial charge in [-0.25, -0.2) is 0 Å². The monoisotopic (exact) mass is 482 g/mol. The first-order chi connectivity index (χ1) is 17.5. The van der Waals surface area contributed by atoms with E-state index in [0.717, 1.165) is 22.6 Å². The molecular weight excluding hydrogens is 460 g/mol. The smallest absolute Gasteiger partial charge is 0.269 e. The molecule has 4 aromatic rings. The summed E-state index contributed by atoms with van der Waals surface area (Å²) in [5, 5.41) is 22.8. The Kier molecular flexibility index (Phi) is 7.46. The number of rotatable bonds is 9. The van der Waals surface area contributed by atoms with Gasteiger partial charge in [0.15, 0.2) is 11.6 Å². The number of anilines is 4. The van der Waals surface area contributed by atoms with E-state index in [9.17, 15) is 10.1 Å². The number of aromatic nitrogens is 4. The zero-order chi connectivity index (χ0) is 25.3. The summed E-state index contributed by atoms with van der Waals surface area (Å²) in [7, 11) is 0. The van der Waals surface area contributed by atoms with Gasteiger partial charge in [0.2, 0.25) is 5.95 Å². The van der Waals surface area contributed by atoms with E-state index in [2.05, 4.69) is 46.3 Å². The van der Waals surface area contributed by atoms with Crippen molar-refractivity contribution in [2.24, 2.45) is 10.2 Å². The minimum absolute atomic E-state index is 0.0129. The van der Waals surface area contributed by atoms with E-state index >= 15 is 0 Å². The Morgan fingerprint density at radius 3 is 1.69 bits per heavy atom. The topological polar surface area (TPSA) is 156 Å². The third kappa shape index (κ3) is 6.41. The average Bonchev–Trinajstić information content (AvgIpc) is 2.91. The van der Waals surface area contributed by atoms with Crippen LogP contribution in [-0.2, 0) is 0 Å². The Labute approximate surface area is 206 Å². The molecule has 1 aromatic carbocycles. The van der Waals surface area contributed by atoms with Crippen molar-refractivity contribution < 1.29 is 4.92 Å². The highest BCUT2D eigenvalue weighted by atomic mass is 16.6. The summed E-state index contributed by atoms with van der Waals surface area (Å²) < 4.78 is 0. The van der Waals surface area contributed by atoms with E-state index < -0.39 is 4.92 Å². The van der Waals surface area contributed by atoms with Crippen LogP contribution in [0.5, 0.6) is 0 Å². The molecule has 0 saturated heterocycles. The van der Waals surface area contributed by atoms with E-state index in [1.54, 1.807) is 43.0 Å². The second-order valence-electron chi connectivity index (χ2n) is 7.48. The van der Waals surface area contributed by atoms with Crippen LogP contribution in [0.3, 0.4) is 0 Å². The summed E-state index contributed by atoms with van der Waals surface area (Å²) in [6, 6.07) is 15.0. The first-order valence-corrected chi connectivity index (χ1v) is 10.8. The van der Waals surface area contributed by atoms with Crippen LogP contribution >= 0.6 is 0 Å². The van der Waals surface area contributed by atoms with Gasteiger partial charge in [-0.05, 0) is 50.2 Å². The van der Waals surface area contributed by atoms with Gasteiger partial charge in [0, 0.05) is 59.8 Å². The highest BCUT2D eigenvalue weighted by Crippen LogP contribution is 2.21. The molecule has 0 atom stereocenters. The third-order valence-corrected chi connectivity index (χ3v) is 4.93. The molecule has 4 rings (SSSR count). The molecule has 0 saturated carbocycles. The third-order valence-electron chi connectivity index (χ3n) is 4.93. The summed E-state index contributed by atoms with van der Waals surface area (Å²) in [4.78, 5) is 27.4. The number of hydrogen-bond donors (Lipinski definition) is 3. The Bertz CT molecular complexity index is 1320. The standard InChI is InChI=1S/C24H22N10O2/c1-16(18-7-11-25-12-8-18)30-32-22-15-23(33-31-17(2)19-9-13-26-14-10-19)29-24(28-22)27-20-3-5-21(6-4-20)34(35)36/h3-15H,1-2H3,(H3,27,28,29,32,33). The summed E-state index contributed by atoms with van der Waals surface area (Å²) in [5.41, 5.74) is 9.75. The molecule has 0 fully saturated rings. The molecule has 180 valence electrons. The maximum absolute atomic E-state index is 10.9. The van der Waals surface area contributed by atoms with Crippen LogP contribution in [0.4, 0.5) is 29.0 Å². The van der Waals surface area contributed by atoms with E-state index in [-0.39, 0.29) is 11.6 Å². The molecule has 0 aliphatic carbocycles. The molecule has 0 aliphatic heterocycles.